The van der Waals surface area contributed by atoms with Gasteiger partial charge in [0.2, 0.25) is 0 Å². The fraction of sp³-hybridized carbons (Fsp3) is 0.833. The Morgan fingerprint density at radius 2 is 1.83 bits per heavy atom. The Morgan fingerprint density at radius 3 is 2.22 bits per heavy atom. The van der Waals surface area contributed by atoms with Crippen LogP contribution in [0.25, 0.3) is 0 Å². The van der Waals surface area contributed by atoms with Crippen molar-refractivity contribution in [1.82, 2.24) is 9.80 Å². The van der Waals surface area contributed by atoms with E-state index in [1.165, 1.54) is 4.90 Å². The van der Waals surface area contributed by atoms with Crippen molar-refractivity contribution in [3.8, 4) is 0 Å². The lowest BCUT2D eigenvalue weighted by Crippen LogP contribution is -2.47. The Kier molecular flexibility index (Phi) is 8.11. The van der Waals surface area contributed by atoms with Crippen LogP contribution in [0, 0.1) is 0 Å². The van der Waals surface area contributed by atoms with Crippen LogP contribution in [-0.2, 0) is 4.79 Å². The first kappa shape index (κ1) is 16.7. The number of carbonyl (C=O) groups excluding carboxylic acids is 1. The van der Waals surface area contributed by atoms with E-state index in [1.807, 2.05) is 20.8 Å². The normalized spacial score (nSPS) is 10.5. The molecule has 0 unspecified atom stereocenters. The predicted molar refractivity (Wildman–Crippen MR) is 68.4 cm³/mol. The number of aliphatic hydroxyl groups is 1. The van der Waals surface area contributed by atoms with Crippen molar-refractivity contribution in [3.63, 3.8) is 0 Å². The molecule has 0 spiro atoms. The predicted octanol–water partition coefficient (Wildman–Crippen LogP) is 0.996. The first-order valence-electron chi connectivity index (χ1n) is 6.32. The van der Waals surface area contributed by atoms with Crippen LogP contribution >= 0.6 is 0 Å². The molecule has 0 aliphatic rings. The van der Waals surface area contributed by atoms with E-state index in [0.717, 1.165) is 0 Å². The molecule has 0 radical (unpaired) electrons. The van der Waals surface area contributed by atoms with E-state index in [4.69, 9.17) is 10.2 Å². The minimum atomic E-state index is -0.910. The van der Waals surface area contributed by atoms with E-state index < -0.39 is 5.97 Å². The maximum Gasteiger partial charge on any atom is 0.320 e. The van der Waals surface area contributed by atoms with Gasteiger partial charge in [0.25, 0.3) is 0 Å². The van der Waals surface area contributed by atoms with Gasteiger partial charge in [0, 0.05) is 32.3 Å². The second-order valence-electron chi connectivity index (χ2n) is 4.37. The van der Waals surface area contributed by atoms with Gasteiger partial charge in [0.15, 0.2) is 0 Å². The van der Waals surface area contributed by atoms with Crippen LogP contribution in [0.4, 0.5) is 4.79 Å². The molecule has 0 atom stereocenters. The highest BCUT2D eigenvalue weighted by Crippen LogP contribution is 2.06. The molecule has 0 fully saturated rings. The summed E-state index contributed by atoms with van der Waals surface area (Å²) in [5.41, 5.74) is 0. The number of nitrogens with zero attached hydrogens (tertiary/aromatic N) is 2. The lowest BCUT2D eigenvalue weighted by atomic mass is 10.3. The molecule has 0 heterocycles. The Balaban J connectivity index is 4.53. The first-order valence-corrected chi connectivity index (χ1v) is 6.32. The van der Waals surface area contributed by atoms with E-state index in [1.54, 1.807) is 4.90 Å². The summed E-state index contributed by atoms with van der Waals surface area (Å²) in [6.07, 6.45) is 0.478. The lowest BCUT2D eigenvalue weighted by molar-refractivity contribution is -0.137. The van der Waals surface area contributed by atoms with Gasteiger partial charge in [-0.1, -0.05) is 0 Å². The average Bonchev–Trinajstić information content (AvgIpc) is 2.29. The Hall–Kier alpha value is -1.30. The quantitative estimate of drug-likeness (QED) is 0.682. The number of carboxylic acids is 1. The summed E-state index contributed by atoms with van der Waals surface area (Å²) in [5, 5.41) is 17.5. The van der Waals surface area contributed by atoms with Gasteiger partial charge in [-0.15, -0.1) is 0 Å². The standard InChI is InChI=1S/C12H24N2O4/c1-4-13(8-6-11(16)17)12(18)14(10(2)3)7-5-9-15/h10,15H,4-9H2,1-3H3,(H,16,17). The van der Waals surface area contributed by atoms with E-state index in [2.05, 4.69) is 0 Å². The minimum absolute atomic E-state index is 0.0305. The molecule has 6 heteroatoms. The van der Waals surface area contributed by atoms with Crippen LogP contribution in [-0.4, -0.2) is 64.3 Å². The van der Waals surface area contributed by atoms with E-state index in [0.29, 0.717) is 19.5 Å². The molecular weight excluding hydrogens is 236 g/mol. The van der Waals surface area contributed by atoms with Gasteiger partial charge >= 0.3 is 12.0 Å². The van der Waals surface area contributed by atoms with Crippen molar-refractivity contribution in [2.45, 2.75) is 39.7 Å². The van der Waals surface area contributed by atoms with Crippen molar-refractivity contribution in [2.24, 2.45) is 0 Å². The zero-order chi connectivity index (χ0) is 14.1. The van der Waals surface area contributed by atoms with E-state index in [9.17, 15) is 9.59 Å². The number of aliphatic hydroxyl groups excluding tert-OH is 1. The van der Waals surface area contributed by atoms with Crippen LogP contribution in [0.2, 0.25) is 0 Å². The van der Waals surface area contributed by atoms with Crippen molar-refractivity contribution in [2.75, 3.05) is 26.2 Å². The van der Waals surface area contributed by atoms with Crippen molar-refractivity contribution in [3.05, 3.63) is 0 Å². The highest BCUT2D eigenvalue weighted by molar-refractivity contribution is 5.75. The minimum Gasteiger partial charge on any atom is -0.481 e. The smallest absolute Gasteiger partial charge is 0.320 e. The molecule has 2 N–H and O–H groups in total. The molecule has 0 saturated carbocycles. The topological polar surface area (TPSA) is 81.1 Å². The average molecular weight is 260 g/mol. The number of urea groups is 1. The molecule has 106 valence electrons. The number of rotatable bonds is 8. The third-order valence-electron chi connectivity index (χ3n) is 2.67. The Bertz CT molecular complexity index is 269. The monoisotopic (exact) mass is 260 g/mol. The number of hydrogen-bond donors (Lipinski definition) is 2. The molecule has 0 aromatic heterocycles. The van der Waals surface area contributed by atoms with Crippen LogP contribution in [0.1, 0.15) is 33.6 Å². The highest BCUT2D eigenvalue weighted by atomic mass is 16.4. The molecule has 18 heavy (non-hydrogen) atoms. The van der Waals surface area contributed by atoms with Gasteiger partial charge in [0.1, 0.15) is 0 Å². The summed E-state index contributed by atoms with van der Waals surface area (Å²) in [4.78, 5) is 25.9. The van der Waals surface area contributed by atoms with Gasteiger partial charge in [-0.25, -0.2) is 4.79 Å². The van der Waals surface area contributed by atoms with Gasteiger partial charge in [0.05, 0.1) is 6.42 Å². The fourth-order valence-electron chi connectivity index (χ4n) is 1.62. The van der Waals surface area contributed by atoms with Gasteiger partial charge in [-0.3, -0.25) is 4.79 Å². The SMILES string of the molecule is CCN(CCC(=O)O)C(=O)N(CCCO)C(C)C. The van der Waals surface area contributed by atoms with E-state index in [-0.39, 0.29) is 31.6 Å². The third-order valence-corrected chi connectivity index (χ3v) is 2.67. The van der Waals surface area contributed by atoms with Gasteiger partial charge in [-0.2, -0.15) is 0 Å². The second-order valence-corrected chi connectivity index (χ2v) is 4.37. The fourth-order valence-corrected chi connectivity index (χ4v) is 1.62. The summed E-state index contributed by atoms with van der Waals surface area (Å²) in [5.74, 6) is -0.910. The zero-order valence-electron chi connectivity index (χ0n) is 11.4. The molecule has 0 aromatic carbocycles. The molecule has 0 saturated heterocycles. The maximum atomic E-state index is 12.2. The van der Waals surface area contributed by atoms with Crippen LogP contribution in [0.5, 0.6) is 0 Å². The Labute approximate surface area is 108 Å². The molecule has 0 aliphatic carbocycles. The van der Waals surface area contributed by atoms with Gasteiger partial charge < -0.3 is 20.0 Å². The number of amides is 2. The van der Waals surface area contributed by atoms with Crippen molar-refractivity contribution < 1.29 is 19.8 Å². The molecule has 2 amide bonds. The van der Waals surface area contributed by atoms with Gasteiger partial charge in [-0.05, 0) is 27.2 Å². The molecular formula is C12H24N2O4. The van der Waals surface area contributed by atoms with Crippen LogP contribution in [0.3, 0.4) is 0 Å². The first-order chi connectivity index (χ1) is 8.43. The summed E-state index contributed by atoms with van der Waals surface area (Å²) >= 11 is 0. The number of aliphatic carboxylic acids is 1. The largest absolute Gasteiger partial charge is 0.481 e. The maximum absolute atomic E-state index is 12.2. The number of carboxylic acid groups (broad SMARTS) is 1. The highest BCUT2D eigenvalue weighted by Gasteiger charge is 2.22. The molecule has 0 aromatic rings. The van der Waals surface area contributed by atoms with E-state index >= 15 is 0 Å². The Morgan fingerprint density at radius 1 is 1.22 bits per heavy atom. The number of carbonyl (C=O) groups is 2. The van der Waals surface area contributed by atoms with Crippen LogP contribution < -0.4 is 0 Å². The summed E-state index contributed by atoms with van der Waals surface area (Å²) in [7, 11) is 0. The molecule has 0 aliphatic heterocycles. The van der Waals surface area contributed by atoms with Crippen LogP contribution in [0.15, 0.2) is 0 Å². The summed E-state index contributed by atoms with van der Waals surface area (Å²) in [6, 6.07) is -0.134. The van der Waals surface area contributed by atoms with Crippen molar-refractivity contribution in [1.29, 1.82) is 0 Å². The molecule has 6 nitrogen and oxygen atoms in total. The lowest BCUT2D eigenvalue weighted by Gasteiger charge is -2.32. The molecule has 0 bridgehead atoms. The summed E-state index contributed by atoms with van der Waals surface area (Å²) < 4.78 is 0. The van der Waals surface area contributed by atoms with Crippen molar-refractivity contribution >= 4 is 12.0 Å². The zero-order valence-corrected chi connectivity index (χ0v) is 11.4. The third kappa shape index (κ3) is 5.86. The second kappa shape index (κ2) is 8.74. The summed E-state index contributed by atoms with van der Waals surface area (Å²) in [6.45, 7) is 6.85. The molecule has 0 rings (SSSR count). The number of hydrogen-bond acceptors (Lipinski definition) is 3.